The molecule has 1 aliphatic heterocycles. The summed E-state index contributed by atoms with van der Waals surface area (Å²) >= 11 is 0. The molecule has 3 N–H and O–H groups in total. The molecule has 2 aromatic carbocycles. The number of amides is 2. The molecular formula is C21H24N2O5. The Labute approximate surface area is 163 Å². The molecule has 0 bridgehead atoms. The van der Waals surface area contributed by atoms with Crippen LogP contribution in [0.3, 0.4) is 0 Å². The van der Waals surface area contributed by atoms with E-state index in [1.165, 1.54) is 0 Å². The molecule has 0 aromatic heterocycles. The predicted octanol–water partition coefficient (Wildman–Crippen LogP) is 2.78. The maximum absolute atomic E-state index is 13.1. The van der Waals surface area contributed by atoms with Crippen LogP contribution in [0.2, 0.25) is 0 Å². The van der Waals surface area contributed by atoms with E-state index in [9.17, 15) is 14.7 Å². The molecule has 0 saturated carbocycles. The van der Waals surface area contributed by atoms with E-state index in [4.69, 9.17) is 15.2 Å². The number of ether oxygens (including phenoxy) is 2. The molecule has 0 saturated heterocycles. The first-order valence-corrected chi connectivity index (χ1v) is 9.14. The van der Waals surface area contributed by atoms with E-state index in [1.54, 1.807) is 50.4 Å². The lowest BCUT2D eigenvalue weighted by atomic mass is 9.98. The first-order valence-electron chi connectivity index (χ1n) is 9.14. The smallest absolute Gasteiger partial charge is 0.264 e. The minimum atomic E-state index is -0.747. The van der Waals surface area contributed by atoms with Gasteiger partial charge in [0.15, 0.2) is 0 Å². The fraction of sp³-hybridized carbons (Fsp3) is 0.333. The number of fused-ring (bicyclic) bond motifs is 1. The molecule has 7 heteroatoms. The summed E-state index contributed by atoms with van der Waals surface area (Å²) < 4.78 is 11.0. The van der Waals surface area contributed by atoms with Gasteiger partial charge in [-0.3, -0.25) is 14.5 Å². The lowest BCUT2D eigenvalue weighted by molar-refractivity contribution is 0.0521. The summed E-state index contributed by atoms with van der Waals surface area (Å²) in [6.07, 6.45) is -0.583. The average Bonchev–Trinajstić information content (AvgIpc) is 2.92. The zero-order chi connectivity index (χ0) is 20.4. The second kappa shape index (κ2) is 7.90. The van der Waals surface area contributed by atoms with E-state index in [0.29, 0.717) is 23.7 Å². The van der Waals surface area contributed by atoms with Gasteiger partial charge >= 0.3 is 0 Å². The molecule has 1 heterocycles. The lowest BCUT2D eigenvalue weighted by Crippen LogP contribution is -2.36. The Morgan fingerprint density at radius 3 is 2.54 bits per heavy atom. The van der Waals surface area contributed by atoms with Crippen molar-refractivity contribution < 1.29 is 24.2 Å². The number of hydrogen-bond donors (Lipinski definition) is 2. The normalized spacial score (nSPS) is 15.4. The minimum absolute atomic E-state index is 0.164. The lowest BCUT2D eigenvalue weighted by Gasteiger charge is -2.29. The van der Waals surface area contributed by atoms with E-state index in [1.807, 2.05) is 6.92 Å². The molecule has 7 nitrogen and oxygen atoms in total. The van der Waals surface area contributed by atoms with Gasteiger partial charge in [-0.05, 0) is 44.5 Å². The molecule has 0 aliphatic carbocycles. The first kappa shape index (κ1) is 19.7. The SMILES string of the molecule is CCOc1cc(OC)ccc1C(CC(C)O)N1C(=O)c2cccc(N)c2C1=O. The van der Waals surface area contributed by atoms with Crippen molar-refractivity contribution in [3.05, 3.63) is 53.1 Å². The topological polar surface area (TPSA) is 102 Å². The Morgan fingerprint density at radius 1 is 1.18 bits per heavy atom. The quantitative estimate of drug-likeness (QED) is 0.562. The number of carbonyl (C=O) groups excluding carboxylic acids is 2. The average molecular weight is 384 g/mol. The van der Waals surface area contributed by atoms with Crippen LogP contribution >= 0.6 is 0 Å². The highest BCUT2D eigenvalue weighted by Gasteiger charge is 2.42. The first-order chi connectivity index (χ1) is 13.4. The molecule has 0 spiro atoms. The Morgan fingerprint density at radius 2 is 1.93 bits per heavy atom. The Hall–Kier alpha value is -3.06. The Balaban J connectivity index is 2.11. The highest BCUT2D eigenvalue weighted by Crippen LogP contribution is 2.40. The van der Waals surface area contributed by atoms with Gasteiger partial charge in [-0.15, -0.1) is 0 Å². The summed E-state index contributed by atoms with van der Waals surface area (Å²) in [6.45, 7) is 3.86. The van der Waals surface area contributed by atoms with Crippen LogP contribution in [0.5, 0.6) is 11.5 Å². The number of aliphatic hydroxyl groups is 1. The van der Waals surface area contributed by atoms with Crippen molar-refractivity contribution in [2.75, 3.05) is 19.5 Å². The Bertz CT molecular complexity index is 910. The zero-order valence-electron chi connectivity index (χ0n) is 16.1. The third-order valence-electron chi connectivity index (χ3n) is 4.73. The monoisotopic (exact) mass is 384 g/mol. The molecule has 148 valence electrons. The van der Waals surface area contributed by atoms with E-state index < -0.39 is 24.0 Å². The maximum Gasteiger partial charge on any atom is 0.264 e. The van der Waals surface area contributed by atoms with Crippen LogP contribution in [0.4, 0.5) is 5.69 Å². The van der Waals surface area contributed by atoms with Crippen LogP contribution in [0.25, 0.3) is 0 Å². The largest absolute Gasteiger partial charge is 0.497 e. The van der Waals surface area contributed by atoms with Crippen LogP contribution in [0.1, 0.15) is 52.6 Å². The van der Waals surface area contributed by atoms with Crippen molar-refractivity contribution in [2.24, 2.45) is 0 Å². The second-order valence-electron chi connectivity index (χ2n) is 6.69. The summed E-state index contributed by atoms with van der Waals surface area (Å²) in [4.78, 5) is 27.3. The van der Waals surface area contributed by atoms with Gasteiger partial charge in [0, 0.05) is 17.3 Å². The summed E-state index contributed by atoms with van der Waals surface area (Å²) in [6, 6.07) is 9.31. The molecule has 3 rings (SSSR count). The molecule has 2 atom stereocenters. The molecule has 2 unspecified atom stereocenters. The van der Waals surface area contributed by atoms with E-state index >= 15 is 0 Å². The number of carbonyl (C=O) groups is 2. The van der Waals surface area contributed by atoms with Gasteiger partial charge in [0.25, 0.3) is 11.8 Å². The number of anilines is 1. The van der Waals surface area contributed by atoms with Gasteiger partial charge in [0.05, 0.1) is 37.0 Å². The van der Waals surface area contributed by atoms with Gasteiger partial charge in [0.2, 0.25) is 0 Å². The predicted molar refractivity (Wildman–Crippen MR) is 105 cm³/mol. The number of aliphatic hydroxyl groups excluding tert-OH is 1. The number of benzene rings is 2. The van der Waals surface area contributed by atoms with Gasteiger partial charge < -0.3 is 20.3 Å². The van der Waals surface area contributed by atoms with Crippen molar-refractivity contribution in [1.29, 1.82) is 0 Å². The molecule has 0 radical (unpaired) electrons. The number of rotatable bonds is 7. The summed E-state index contributed by atoms with van der Waals surface area (Å²) in [5.41, 5.74) is 7.31. The van der Waals surface area contributed by atoms with E-state index in [-0.39, 0.29) is 23.2 Å². The summed E-state index contributed by atoms with van der Waals surface area (Å²) in [7, 11) is 1.55. The van der Waals surface area contributed by atoms with Gasteiger partial charge in [-0.2, -0.15) is 0 Å². The third-order valence-corrected chi connectivity index (χ3v) is 4.73. The number of methoxy groups -OCH3 is 1. The summed E-state index contributed by atoms with van der Waals surface area (Å²) in [5.74, 6) is 0.185. The fourth-order valence-electron chi connectivity index (χ4n) is 3.50. The molecule has 28 heavy (non-hydrogen) atoms. The number of nitrogen functional groups attached to an aromatic ring is 1. The van der Waals surface area contributed by atoms with Gasteiger partial charge in [0.1, 0.15) is 11.5 Å². The second-order valence-corrected chi connectivity index (χ2v) is 6.69. The van der Waals surface area contributed by atoms with Crippen LogP contribution < -0.4 is 15.2 Å². The van der Waals surface area contributed by atoms with Crippen molar-refractivity contribution in [3.63, 3.8) is 0 Å². The molecule has 0 fully saturated rings. The maximum atomic E-state index is 13.1. The molecular weight excluding hydrogens is 360 g/mol. The van der Waals surface area contributed by atoms with Crippen molar-refractivity contribution in [3.8, 4) is 11.5 Å². The number of nitrogens with zero attached hydrogens (tertiary/aromatic N) is 1. The minimum Gasteiger partial charge on any atom is -0.497 e. The highest BCUT2D eigenvalue weighted by molar-refractivity contribution is 6.23. The van der Waals surface area contributed by atoms with Crippen LogP contribution in [0.15, 0.2) is 36.4 Å². The molecule has 2 aromatic rings. The zero-order valence-corrected chi connectivity index (χ0v) is 16.1. The van der Waals surface area contributed by atoms with Crippen molar-refractivity contribution in [1.82, 2.24) is 4.90 Å². The van der Waals surface area contributed by atoms with Gasteiger partial charge in [-0.1, -0.05) is 6.07 Å². The molecule has 2 amide bonds. The van der Waals surface area contributed by atoms with E-state index in [2.05, 4.69) is 0 Å². The standard InChI is InChI=1S/C21H24N2O5/c1-4-28-18-11-13(27-3)8-9-14(18)17(10-12(2)24)23-20(25)15-6-5-7-16(22)19(15)21(23)26/h5-9,11-12,17,24H,4,10,22H2,1-3H3. The van der Waals surface area contributed by atoms with Crippen molar-refractivity contribution in [2.45, 2.75) is 32.4 Å². The Kier molecular flexibility index (Phi) is 5.56. The van der Waals surface area contributed by atoms with Crippen LogP contribution in [0, 0.1) is 0 Å². The number of imide groups is 1. The van der Waals surface area contributed by atoms with Crippen LogP contribution in [-0.4, -0.2) is 41.6 Å². The molecule has 1 aliphatic rings. The van der Waals surface area contributed by atoms with E-state index in [0.717, 1.165) is 4.90 Å². The third kappa shape index (κ3) is 3.41. The fourth-order valence-corrected chi connectivity index (χ4v) is 3.50. The number of hydrogen-bond acceptors (Lipinski definition) is 6. The van der Waals surface area contributed by atoms with Gasteiger partial charge in [-0.25, -0.2) is 0 Å². The van der Waals surface area contributed by atoms with Crippen LogP contribution in [-0.2, 0) is 0 Å². The summed E-state index contributed by atoms with van der Waals surface area (Å²) in [5, 5.41) is 10.1. The highest BCUT2D eigenvalue weighted by atomic mass is 16.5. The number of nitrogens with two attached hydrogens (primary N) is 1. The van der Waals surface area contributed by atoms with Crippen molar-refractivity contribution >= 4 is 17.5 Å².